The Bertz CT molecular complexity index is 1350. The molecule has 0 atom stereocenters. The van der Waals surface area contributed by atoms with E-state index in [-0.39, 0.29) is 5.70 Å². The molecule has 3 aromatic rings. The van der Waals surface area contributed by atoms with Gasteiger partial charge in [0.15, 0.2) is 11.5 Å². The van der Waals surface area contributed by atoms with Crippen molar-refractivity contribution in [2.75, 3.05) is 19.0 Å². The Kier molecular flexibility index (Phi) is 8.10. The fourth-order valence-corrected chi connectivity index (χ4v) is 3.93. The highest BCUT2D eigenvalue weighted by Gasteiger charge is 2.35. The molecule has 8 nitrogen and oxygen atoms in total. The number of hydrogen-bond acceptors (Lipinski definition) is 5. The highest BCUT2D eigenvalue weighted by atomic mass is 35.5. The lowest BCUT2D eigenvalue weighted by atomic mass is 10.1. The normalized spacial score (nSPS) is 14.0. The molecule has 1 aliphatic heterocycles. The molecule has 1 aliphatic rings. The third-order valence-corrected chi connectivity index (χ3v) is 5.99. The Morgan fingerprint density at radius 1 is 1.05 bits per heavy atom. The zero-order chi connectivity index (χ0) is 26.4. The highest BCUT2D eigenvalue weighted by molar-refractivity contribution is 6.30. The second kappa shape index (κ2) is 11.6. The van der Waals surface area contributed by atoms with E-state index in [1.165, 1.54) is 13.2 Å². The van der Waals surface area contributed by atoms with Crippen molar-refractivity contribution in [1.82, 2.24) is 10.2 Å². The quantitative estimate of drug-likeness (QED) is 0.305. The van der Waals surface area contributed by atoms with Crippen LogP contribution in [0.4, 0.5) is 10.5 Å². The fourth-order valence-electron chi connectivity index (χ4n) is 3.80. The largest absolute Gasteiger partial charge is 0.493 e. The summed E-state index contributed by atoms with van der Waals surface area (Å²) in [7, 11) is 1.51. The van der Waals surface area contributed by atoms with Gasteiger partial charge in [-0.1, -0.05) is 54.9 Å². The minimum absolute atomic E-state index is 0.0589. The van der Waals surface area contributed by atoms with Gasteiger partial charge in [-0.05, 0) is 59.5 Å². The van der Waals surface area contributed by atoms with Gasteiger partial charge in [0.2, 0.25) is 5.91 Å². The lowest BCUT2D eigenvalue weighted by Gasteiger charge is -2.13. The molecule has 190 valence electrons. The molecule has 3 aromatic carbocycles. The van der Waals surface area contributed by atoms with Gasteiger partial charge >= 0.3 is 6.03 Å². The lowest BCUT2D eigenvalue weighted by Crippen LogP contribution is -2.38. The van der Waals surface area contributed by atoms with Crippen molar-refractivity contribution < 1.29 is 23.9 Å². The summed E-state index contributed by atoms with van der Waals surface area (Å²) in [5.74, 6) is -0.0709. The van der Waals surface area contributed by atoms with Gasteiger partial charge in [0.05, 0.1) is 7.11 Å². The molecule has 9 heteroatoms. The van der Waals surface area contributed by atoms with E-state index < -0.39 is 24.4 Å². The molecule has 0 bridgehead atoms. The van der Waals surface area contributed by atoms with Gasteiger partial charge in [0, 0.05) is 10.7 Å². The van der Waals surface area contributed by atoms with Crippen LogP contribution in [0.3, 0.4) is 0 Å². The number of halogens is 1. The number of nitrogens with one attached hydrogen (secondary N) is 2. The predicted octanol–water partition coefficient (Wildman–Crippen LogP) is 5.02. The van der Waals surface area contributed by atoms with Gasteiger partial charge in [-0.2, -0.15) is 0 Å². The zero-order valence-corrected chi connectivity index (χ0v) is 21.2. The number of methoxy groups -OCH3 is 1. The average Bonchev–Trinajstić information content (AvgIpc) is 3.16. The third-order valence-electron chi connectivity index (χ3n) is 5.74. The van der Waals surface area contributed by atoms with Gasteiger partial charge in [0.1, 0.15) is 18.8 Å². The van der Waals surface area contributed by atoms with Crippen molar-refractivity contribution in [2.24, 2.45) is 0 Å². The van der Waals surface area contributed by atoms with E-state index in [2.05, 4.69) is 10.6 Å². The van der Waals surface area contributed by atoms with Crippen LogP contribution in [0.1, 0.15) is 23.6 Å². The number of rotatable bonds is 9. The van der Waals surface area contributed by atoms with E-state index in [4.69, 9.17) is 21.1 Å². The number of ether oxygens (including phenoxy) is 2. The number of anilines is 1. The van der Waals surface area contributed by atoms with Crippen molar-refractivity contribution in [3.05, 3.63) is 94.1 Å². The third kappa shape index (κ3) is 6.29. The maximum absolute atomic E-state index is 12.9. The maximum atomic E-state index is 12.9. The monoisotopic (exact) mass is 519 g/mol. The Labute approximate surface area is 219 Å². The van der Waals surface area contributed by atoms with Crippen molar-refractivity contribution in [3.63, 3.8) is 0 Å². The van der Waals surface area contributed by atoms with Crippen LogP contribution in [-0.4, -0.2) is 36.4 Å². The number of urea groups is 1. The number of hydrogen-bond donors (Lipinski definition) is 2. The van der Waals surface area contributed by atoms with Crippen molar-refractivity contribution in [3.8, 4) is 11.5 Å². The molecule has 0 saturated carbocycles. The lowest BCUT2D eigenvalue weighted by molar-refractivity contribution is -0.127. The van der Waals surface area contributed by atoms with Crippen LogP contribution in [0, 0.1) is 0 Å². The second-order valence-electron chi connectivity index (χ2n) is 8.26. The van der Waals surface area contributed by atoms with Crippen molar-refractivity contribution in [2.45, 2.75) is 20.0 Å². The first kappa shape index (κ1) is 25.8. The molecule has 1 fully saturated rings. The first-order chi connectivity index (χ1) is 17.9. The topological polar surface area (TPSA) is 97.0 Å². The van der Waals surface area contributed by atoms with Crippen molar-refractivity contribution >= 4 is 41.2 Å². The van der Waals surface area contributed by atoms with Crippen LogP contribution >= 0.6 is 11.6 Å². The van der Waals surface area contributed by atoms with E-state index in [1.807, 2.05) is 37.3 Å². The molecule has 0 aliphatic carbocycles. The Morgan fingerprint density at radius 2 is 1.81 bits per heavy atom. The van der Waals surface area contributed by atoms with E-state index in [0.717, 1.165) is 22.4 Å². The molecule has 4 rings (SSSR count). The molecule has 1 heterocycles. The Balaban J connectivity index is 1.43. The summed E-state index contributed by atoms with van der Waals surface area (Å²) in [4.78, 5) is 38.7. The predicted molar refractivity (Wildman–Crippen MR) is 141 cm³/mol. The SMILES string of the molecule is CCc1ccccc1NC(=O)CN1C(=O)N/C(=C/c2ccc(OCc3ccc(Cl)cc3)c(OC)c2)C1=O. The van der Waals surface area contributed by atoms with E-state index in [0.29, 0.717) is 34.4 Å². The number of carbonyl (C=O) groups is 3. The summed E-state index contributed by atoms with van der Waals surface area (Å²) in [6.45, 7) is 1.90. The standard InChI is InChI=1S/C28H26ClN3O5/c1-3-20-6-4-5-7-22(20)30-26(33)16-32-27(34)23(31-28(32)35)14-19-10-13-24(25(15-19)36-2)37-17-18-8-11-21(29)12-9-18/h4-15H,3,16-17H2,1-2H3,(H,30,33)(H,31,35)/b23-14+. The number of aryl methyl sites for hydroxylation is 1. The fraction of sp³-hybridized carbons (Fsp3) is 0.179. The average molecular weight is 520 g/mol. The van der Waals surface area contributed by atoms with E-state index in [9.17, 15) is 14.4 Å². The number of para-hydroxylation sites is 1. The highest BCUT2D eigenvalue weighted by Crippen LogP contribution is 2.30. The van der Waals surface area contributed by atoms with Crippen LogP contribution < -0.4 is 20.1 Å². The summed E-state index contributed by atoms with van der Waals surface area (Å²) >= 11 is 5.92. The molecule has 1 saturated heterocycles. The minimum Gasteiger partial charge on any atom is -0.493 e. The Hall–Kier alpha value is -4.30. The first-order valence-corrected chi connectivity index (χ1v) is 12.0. The Morgan fingerprint density at radius 3 is 2.54 bits per heavy atom. The number of benzene rings is 3. The van der Waals surface area contributed by atoms with Gasteiger partial charge in [-0.15, -0.1) is 0 Å². The van der Waals surface area contributed by atoms with Gasteiger partial charge in [-0.3, -0.25) is 9.59 Å². The van der Waals surface area contributed by atoms with Gasteiger partial charge < -0.3 is 20.1 Å². The molecule has 4 amide bonds. The van der Waals surface area contributed by atoms with Crippen molar-refractivity contribution in [1.29, 1.82) is 0 Å². The summed E-state index contributed by atoms with van der Waals surface area (Å²) in [5, 5.41) is 5.95. The van der Waals surface area contributed by atoms with Crippen LogP contribution in [0.15, 0.2) is 72.4 Å². The van der Waals surface area contributed by atoms with E-state index in [1.54, 1.807) is 36.4 Å². The number of amides is 4. The van der Waals surface area contributed by atoms with Crippen LogP contribution in [0.25, 0.3) is 6.08 Å². The molecule has 0 radical (unpaired) electrons. The van der Waals surface area contributed by atoms with Gasteiger partial charge in [0.25, 0.3) is 5.91 Å². The number of imide groups is 1. The van der Waals surface area contributed by atoms with Crippen LogP contribution in [0.5, 0.6) is 11.5 Å². The molecule has 0 spiro atoms. The summed E-state index contributed by atoms with van der Waals surface area (Å²) in [6, 6.07) is 19.2. The summed E-state index contributed by atoms with van der Waals surface area (Å²) in [5.41, 5.74) is 3.23. The smallest absolute Gasteiger partial charge is 0.329 e. The minimum atomic E-state index is -0.662. The molecule has 0 unspecified atom stereocenters. The first-order valence-electron chi connectivity index (χ1n) is 11.7. The van der Waals surface area contributed by atoms with Crippen LogP contribution in [0.2, 0.25) is 5.02 Å². The second-order valence-corrected chi connectivity index (χ2v) is 8.70. The molecular formula is C28H26ClN3O5. The van der Waals surface area contributed by atoms with Crippen LogP contribution in [-0.2, 0) is 22.6 Å². The number of carbonyl (C=O) groups excluding carboxylic acids is 3. The molecular weight excluding hydrogens is 494 g/mol. The number of nitrogens with zero attached hydrogens (tertiary/aromatic N) is 1. The van der Waals surface area contributed by atoms with Gasteiger partial charge in [-0.25, -0.2) is 9.69 Å². The molecule has 37 heavy (non-hydrogen) atoms. The molecule has 2 N–H and O–H groups in total. The van der Waals surface area contributed by atoms with E-state index >= 15 is 0 Å². The molecule has 0 aromatic heterocycles. The summed E-state index contributed by atoms with van der Waals surface area (Å²) in [6.07, 6.45) is 2.26. The maximum Gasteiger partial charge on any atom is 0.329 e. The zero-order valence-electron chi connectivity index (χ0n) is 20.4. The summed E-state index contributed by atoms with van der Waals surface area (Å²) < 4.78 is 11.3.